The van der Waals surface area contributed by atoms with E-state index in [2.05, 4.69) is 36.1 Å². The zero-order valence-electron chi connectivity index (χ0n) is 16.5. The molecule has 3 fully saturated rings. The number of fused-ring (bicyclic) bond motifs is 3. The predicted molar refractivity (Wildman–Crippen MR) is 112 cm³/mol. The van der Waals surface area contributed by atoms with Gasteiger partial charge in [-0.1, -0.05) is 0 Å². The molecule has 2 aliphatic heterocycles. The van der Waals surface area contributed by atoms with Gasteiger partial charge in [0.1, 0.15) is 6.10 Å². The van der Waals surface area contributed by atoms with Crippen molar-refractivity contribution in [2.24, 2.45) is 5.92 Å². The van der Waals surface area contributed by atoms with Crippen molar-refractivity contribution in [3.05, 3.63) is 58.6 Å². The first-order valence-electron chi connectivity index (χ1n) is 10.0. The van der Waals surface area contributed by atoms with Gasteiger partial charge < -0.3 is 9.64 Å². The van der Waals surface area contributed by atoms with Gasteiger partial charge in [0.15, 0.2) is 5.82 Å². The normalized spacial score (nSPS) is 22.9. The van der Waals surface area contributed by atoms with Gasteiger partial charge in [0.25, 0.3) is 5.91 Å². The molecule has 30 heavy (non-hydrogen) atoms. The van der Waals surface area contributed by atoms with E-state index >= 15 is 0 Å². The van der Waals surface area contributed by atoms with Crippen LogP contribution in [0.2, 0.25) is 0 Å². The highest BCUT2D eigenvalue weighted by Gasteiger charge is 2.45. The summed E-state index contributed by atoms with van der Waals surface area (Å²) < 4.78 is 7.12. The number of pyridine rings is 2. The van der Waals surface area contributed by atoms with Gasteiger partial charge in [-0.3, -0.25) is 4.79 Å². The molecular weight excluding hydrogens is 448 g/mol. The van der Waals surface area contributed by atoms with Crippen molar-refractivity contribution < 1.29 is 9.53 Å². The smallest absolute Gasteiger partial charge is 0.258 e. The molecule has 0 unspecified atom stereocenters. The van der Waals surface area contributed by atoms with Crippen LogP contribution in [0, 0.1) is 12.8 Å². The van der Waals surface area contributed by atoms with Gasteiger partial charge in [-0.25, -0.2) is 9.97 Å². The number of hydrogen-bond donors (Lipinski definition) is 0. The maximum Gasteiger partial charge on any atom is 0.258 e. The summed E-state index contributed by atoms with van der Waals surface area (Å²) in [5.41, 5.74) is 1.43. The van der Waals surface area contributed by atoms with E-state index in [4.69, 9.17) is 4.74 Å². The Morgan fingerprint density at radius 3 is 2.73 bits per heavy atom. The Morgan fingerprint density at radius 1 is 1.17 bits per heavy atom. The Balaban J connectivity index is 1.44. The van der Waals surface area contributed by atoms with Crippen LogP contribution in [-0.4, -0.2) is 54.5 Å². The molecule has 5 heterocycles. The largest absolute Gasteiger partial charge is 0.472 e. The number of rotatable bonds is 4. The quantitative estimate of drug-likeness (QED) is 0.584. The molecule has 0 aromatic carbocycles. The highest BCUT2D eigenvalue weighted by Crippen LogP contribution is 2.38. The molecule has 3 atom stereocenters. The van der Waals surface area contributed by atoms with Crippen LogP contribution >= 0.6 is 15.9 Å². The van der Waals surface area contributed by atoms with Gasteiger partial charge in [0.05, 0.1) is 24.0 Å². The first-order chi connectivity index (χ1) is 14.6. The van der Waals surface area contributed by atoms with E-state index in [9.17, 15) is 4.79 Å². The zero-order valence-corrected chi connectivity index (χ0v) is 18.1. The molecule has 3 aromatic rings. The van der Waals surface area contributed by atoms with Crippen LogP contribution in [-0.2, 0) is 0 Å². The molecule has 154 valence electrons. The highest BCUT2D eigenvalue weighted by atomic mass is 79.9. The Hall–Kier alpha value is -2.81. The van der Waals surface area contributed by atoms with Crippen LogP contribution in [0.5, 0.6) is 5.88 Å². The van der Waals surface area contributed by atoms with Crippen molar-refractivity contribution in [3.8, 4) is 11.7 Å². The third-order valence-electron chi connectivity index (χ3n) is 5.80. The molecule has 3 aliphatic rings. The van der Waals surface area contributed by atoms with Crippen molar-refractivity contribution in [1.82, 2.24) is 29.9 Å². The number of piperidine rings is 2. The number of hydrogen-bond acceptors (Lipinski definition) is 6. The number of carbonyl (C=O) groups is 1. The summed E-state index contributed by atoms with van der Waals surface area (Å²) in [6.45, 7) is 2.66. The van der Waals surface area contributed by atoms with Crippen LogP contribution < -0.4 is 4.74 Å². The number of aryl methyl sites for hydroxylation is 1. The molecule has 1 aliphatic carbocycles. The number of nitrogens with zero attached hydrogens (tertiary/aromatic N) is 6. The second-order valence-corrected chi connectivity index (χ2v) is 8.79. The minimum absolute atomic E-state index is 0.00638. The van der Waals surface area contributed by atoms with E-state index in [-0.39, 0.29) is 18.1 Å². The van der Waals surface area contributed by atoms with Gasteiger partial charge >= 0.3 is 0 Å². The maximum atomic E-state index is 13.6. The number of halogens is 1. The van der Waals surface area contributed by atoms with Crippen molar-refractivity contribution in [2.75, 3.05) is 6.54 Å². The Kier molecular flexibility index (Phi) is 4.98. The first-order valence-corrected chi connectivity index (χ1v) is 10.8. The predicted octanol–water partition coefficient (Wildman–Crippen LogP) is 3.20. The van der Waals surface area contributed by atoms with E-state index in [1.807, 2.05) is 30.0 Å². The molecule has 1 amide bonds. The van der Waals surface area contributed by atoms with Gasteiger partial charge in [-0.15, -0.1) is 4.80 Å². The van der Waals surface area contributed by atoms with Gasteiger partial charge in [0, 0.05) is 29.5 Å². The number of ether oxygens (including phenoxy) is 1. The van der Waals surface area contributed by atoms with Crippen molar-refractivity contribution >= 4 is 21.8 Å². The van der Waals surface area contributed by atoms with E-state index in [1.54, 1.807) is 24.8 Å². The molecular formula is C21H21BrN6O2. The lowest BCUT2D eigenvalue weighted by atomic mass is 9.77. The van der Waals surface area contributed by atoms with Crippen LogP contribution in [0.4, 0.5) is 0 Å². The fraction of sp³-hybridized carbons (Fsp3) is 0.381. The lowest BCUT2D eigenvalue weighted by Crippen LogP contribution is -2.59. The molecule has 8 nitrogen and oxygen atoms in total. The van der Waals surface area contributed by atoms with Gasteiger partial charge in [-0.2, -0.15) is 10.2 Å². The average molecular weight is 469 g/mol. The summed E-state index contributed by atoms with van der Waals surface area (Å²) in [5.74, 6) is 1.40. The van der Waals surface area contributed by atoms with Crippen LogP contribution in [0.25, 0.3) is 5.82 Å². The summed E-state index contributed by atoms with van der Waals surface area (Å²) in [6, 6.07) is 5.63. The van der Waals surface area contributed by atoms with E-state index in [0.717, 1.165) is 35.8 Å². The fourth-order valence-electron chi connectivity index (χ4n) is 4.44. The lowest BCUT2D eigenvalue weighted by molar-refractivity contribution is -0.0314. The zero-order chi connectivity index (χ0) is 20.7. The molecule has 9 heteroatoms. The molecule has 3 aromatic heterocycles. The summed E-state index contributed by atoms with van der Waals surface area (Å²) in [4.78, 5) is 25.8. The van der Waals surface area contributed by atoms with E-state index < -0.39 is 0 Å². The lowest BCUT2D eigenvalue weighted by Gasteiger charge is -2.49. The molecule has 0 radical (unpaired) electrons. The van der Waals surface area contributed by atoms with Gasteiger partial charge in [-0.05, 0) is 65.7 Å². The van der Waals surface area contributed by atoms with E-state index in [0.29, 0.717) is 23.2 Å². The van der Waals surface area contributed by atoms with E-state index in [1.165, 1.54) is 4.80 Å². The first kappa shape index (κ1) is 19.2. The second kappa shape index (κ2) is 7.79. The molecule has 2 bridgehead atoms. The van der Waals surface area contributed by atoms with Crippen LogP contribution in [0.15, 0.2) is 47.5 Å². The molecule has 1 saturated carbocycles. The maximum absolute atomic E-state index is 13.6. The molecule has 2 saturated heterocycles. The summed E-state index contributed by atoms with van der Waals surface area (Å²) in [6.07, 6.45) is 9.50. The van der Waals surface area contributed by atoms with Crippen molar-refractivity contribution in [2.45, 2.75) is 38.3 Å². The minimum atomic E-state index is -0.0702. The summed E-state index contributed by atoms with van der Waals surface area (Å²) in [7, 11) is 0. The third-order valence-corrected chi connectivity index (χ3v) is 6.27. The summed E-state index contributed by atoms with van der Waals surface area (Å²) >= 11 is 3.40. The number of carbonyl (C=O) groups excluding carboxylic acids is 1. The van der Waals surface area contributed by atoms with Gasteiger partial charge in [0.2, 0.25) is 5.88 Å². The third kappa shape index (κ3) is 3.58. The highest BCUT2D eigenvalue weighted by molar-refractivity contribution is 9.10. The van der Waals surface area contributed by atoms with Crippen LogP contribution in [0.3, 0.4) is 0 Å². The average Bonchev–Trinajstić information content (AvgIpc) is 3.30. The second-order valence-electron chi connectivity index (χ2n) is 7.88. The Bertz CT molecular complexity index is 1060. The standard InChI is InChI=1S/C21H21BrN6O2/c1-13-8-16(20(24-10-13)28-25-6-7-26-28)21(29)27-12-14-2-4-17(27)18(9-14)30-19-5-3-15(22)11-23-19/h3,5-8,10-11,14,17-18H,2,4,9,12H2,1H3/t14-,17+,18-/m1/s1. The topological polar surface area (TPSA) is 86.0 Å². The van der Waals surface area contributed by atoms with Crippen molar-refractivity contribution in [1.29, 1.82) is 0 Å². The van der Waals surface area contributed by atoms with Crippen molar-refractivity contribution in [3.63, 3.8) is 0 Å². The molecule has 6 rings (SSSR count). The SMILES string of the molecule is Cc1cnc(-n2nccn2)c(C(=O)N2C[C@@H]3CC[C@H]2[C@H](Oc2ccc(Br)cn2)C3)c1. The number of amides is 1. The Morgan fingerprint density at radius 2 is 2.00 bits per heavy atom. The fourth-order valence-corrected chi connectivity index (χ4v) is 4.67. The van der Waals surface area contributed by atoms with Crippen LogP contribution in [0.1, 0.15) is 35.2 Å². The monoisotopic (exact) mass is 468 g/mol. The minimum Gasteiger partial charge on any atom is -0.472 e. The summed E-state index contributed by atoms with van der Waals surface area (Å²) in [5, 5.41) is 8.33. The molecule has 0 spiro atoms. The number of aromatic nitrogens is 5. The molecule has 0 N–H and O–H groups in total. The Labute approximate surface area is 182 Å².